The molecule has 0 unspecified atom stereocenters. The first-order chi connectivity index (χ1) is 10.2. The maximum absolute atomic E-state index is 12.7. The van der Waals surface area contributed by atoms with Gasteiger partial charge in [0.2, 0.25) is 10.0 Å². The second kappa shape index (κ2) is 6.55. The van der Waals surface area contributed by atoms with E-state index in [1.165, 1.54) is 23.5 Å². The molecule has 0 radical (unpaired) electrons. The Bertz CT molecular complexity index is 611. The first-order valence-corrected chi connectivity index (χ1v) is 8.63. The molecule has 1 aromatic rings. The van der Waals surface area contributed by atoms with Crippen LogP contribution < -0.4 is 5.32 Å². The van der Waals surface area contributed by atoms with Crippen molar-refractivity contribution < 1.29 is 21.6 Å². The molecule has 8 heteroatoms. The fraction of sp³-hybridized carbons (Fsp3) is 0.571. The molecule has 2 rings (SSSR count). The van der Waals surface area contributed by atoms with Gasteiger partial charge < -0.3 is 5.32 Å². The molecule has 1 aliphatic heterocycles. The average Bonchev–Trinajstić information content (AvgIpc) is 2.46. The van der Waals surface area contributed by atoms with Crippen molar-refractivity contribution in [3.8, 4) is 0 Å². The second-order valence-corrected chi connectivity index (χ2v) is 7.48. The Morgan fingerprint density at radius 1 is 1.27 bits per heavy atom. The molecule has 0 bridgehead atoms. The number of sulfonamides is 1. The minimum Gasteiger partial charge on any atom is -0.317 e. The van der Waals surface area contributed by atoms with Gasteiger partial charge in [0, 0.05) is 13.1 Å². The molecule has 0 amide bonds. The van der Waals surface area contributed by atoms with Gasteiger partial charge in [-0.1, -0.05) is 18.2 Å². The molecule has 1 N–H and O–H groups in total. The summed E-state index contributed by atoms with van der Waals surface area (Å²) in [5.74, 6) is -0.419. The first-order valence-electron chi connectivity index (χ1n) is 7.03. The highest BCUT2D eigenvalue weighted by atomic mass is 32.2. The third-order valence-electron chi connectivity index (χ3n) is 3.87. The fourth-order valence-electron chi connectivity index (χ4n) is 2.55. The average molecular weight is 336 g/mol. The summed E-state index contributed by atoms with van der Waals surface area (Å²) in [6.07, 6.45) is -3.06. The summed E-state index contributed by atoms with van der Waals surface area (Å²) in [6.45, 7) is 1.49. The molecule has 0 saturated carbocycles. The van der Waals surface area contributed by atoms with Crippen LogP contribution in [-0.2, 0) is 22.0 Å². The van der Waals surface area contributed by atoms with E-state index in [1.807, 2.05) is 0 Å². The molecule has 1 heterocycles. The number of alkyl halides is 3. The lowest BCUT2D eigenvalue weighted by Crippen LogP contribution is -2.44. The van der Waals surface area contributed by atoms with Crippen LogP contribution in [-0.4, -0.2) is 38.9 Å². The zero-order valence-corrected chi connectivity index (χ0v) is 13.0. The highest BCUT2D eigenvalue weighted by Gasteiger charge is 2.32. The van der Waals surface area contributed by atoms with Crippen molar-refractivity contribution in [2.24, 2.45) is 0 Å². The highest BCUT2D eigenvalue weighted by molar-refractivity contribution is 7.88. The largest absolute Gasteiger partial charge is 0.416 e. The normalized spacial score (nSPS) is 17.9. The predicted molar refractivity (Wildman–Crippen MR) is 77.7 cm³/mol. The van der Waals surface area contributed by atoms with Crippen LogP contribution in [0.15, 0.2) is 24.3 Å². The van der Waals surface area contributed by atoms with E-state index >= 15 is 0 Å². The lowest BCUT2D eigenvalue weighted by atomic mass is 10.1. The monoisotopic (exact) mass is 336 g/mol. The minimum atomic E-state index is -4.47. The number of piperidine rings is 1. The lowest BCUT2D eigenvalue weighted by molar-refractivity contribution is -0.137. The number of benzene rings is 1. The maximum atomic E-state index is 12.7. The van der Waals surface area contributed by atoms with Crippen LogP contribution >= 0.6 is 0 Å². The van der Waals surface area contributed by atoms with E-state index in [2.05, 4.69) is 5.32 Å². The lowest BCUT2D eigenvalue weighted by Gasteiger charge is -2.30. The van der Waals surface area contributed by atoms with Gasteiger partial charge in [0.15, 0.2) is 0 Å². The van der Waals surface area contributed by atoms with Gasteiger partial charge in [-0.2, -0.15) is 13.2 Å². The van der Waals surface area contributed by atoms with Gasteiger partial charge in [0.25, 0.3) is 0 Å². The summed E-state index contributed by atoms with van der Waals surface area (Å²) in [5.41, 5.74) is -0.680. The smallest absolute Gasteiger partial charge is 0.317 e. The molecule has 1 aromatic carbocycles. The first kappa shape index (κ1) is 17.2. The topological polar surface area (TPSA) is 49.4 Å². The van der Waals surface area contributed by atoms with Crippen molar-refractivity contribution in [1.82, 2.24) is 9.62 Å². The van der Waals surface area contributed by atoms with E-state index in [-0.39, 0.29) is 11.6 Å². The zero-order valence-electron chi connectivity index (χ0n) is 12.2. The van der Waals surface area contributed by atoms with Gasteiger partial charge in [-0.25, -0.2) is 12.7 Å². The molecule has 0 spiro atoms. The third kappa shape index (κ3) is 4.21. The van der Waals surface area contributed by atoms with Crippen LogP contribution in [0.5, 0.6) is 0 Å². The van der Waals surface area contributed by atoms with E-state index in [0.29, 0.717) is 12.8 Å². The SMILES string of the molecule is CN(C1CCNCC1)S(=O)(=O)Cc1cccc(C(F)(F)F)c1. The summed E-state index contributed by atoms with van der Waals surface area (Å²) in [7, 11) is -2.14. The molecule has 0 aliphatic carbocycles. The molecular formula is C14H19F3N2O2S. The summed E-state index contributed by atoms with van der Waals surface area (Å²) >= 11 is 0. The van der Waals surface area contributed by atoms with Crippen molar-refractivity contribution in [3.63, 3.8) is 0 Å². The van der Waals surface area contributed by atoms with Crippen LogP contribution in [0.1, 0.15) is 24.0 Å². The maximum Gasteiger partial charge on any atom is 0.416 e. The number of hydrogen-bond acceptors (Lipinski definition) is 3. The summed E-state index contributed by atoms with van der Waals surface area (Å²) in [6, 6.07) is 4.37. The quantitative estimate of drug-likeness (QED) is 0.917. The highest BCUT2D eigenvalue weighted by Crippen LogP contribution is 2.30. The van der Waals surface area contributed by atoms with Gasteiger partial charge >= 0.3 is 6.18 Å². The Labute approximate surface area is 128 Å². The van der Waals surface area contributed by atoms with Crippen molar-refractivity contribution >= 4 is 10.0 Å². The van der Waals surface area contributed by atoms with Crippen molar-refractivity contribution in [2.45, 2.75) is 30.8 Å². The van der Waals surface area contributed by atoms with Gasteiger partial charge in [0.05, 0.1) is 11.3 Å². The standard InChI is InChI=1S/C14H19F3N2O2S/c1-19(13-5-7-18-8-6-13)22(20,21)10-11-3-2-4-12(9-11)14(15,16)17/h2-4,9,13,18H,5-8,10H2,1H3. The number of halogens is 3. The number of nitrogens with zero attached hydrogens (tertiary/aromatic N) is 1. The van der Waals surface area contributed by atoms with E-state index in [0.717, 1.165) is 25.2 Å². The van der Waals surface area contributed by atoms with E-state index in [4.69, 9.17) is 0 Å². The molecule has 0 aromatic heterocycles. The Kier molecular flexibility index (Phi) is 5.14. The second-order valence-electron chi connectivity index (χ2n) is 5.45. The summed E-state index contributed by atoms with van der Waals surface area (Å²) < 4.78 is 64.1. The van der Waals surface area contributed by atoms with Gasteiger partial charge in [-0.15, -0.1) is 0 Å². The Morgan fingerprint density at radius 3 is 2.50 bits per heavy atom. The number of nitrogens with one attached hydrogen (secondary N) is 1. The zero-order chi connectivity index (χ0) is 16.4. The summed E-state index contributed by atoms with van der Waals surface area (Å²) in [4.78, 5) is 0. The van der Waals surface area contributed by atoms with Crippen LogP contribution in [0.25, 0.3) is 0 Å². The Morgan fingerprint density at radius 2 is 1.91 bits per heavy atom. The summed E-state index contributed by atoms with van der Waals surface area (Å²) in [5, 5.41) is 3.15. The number of rotatable bonds is 4. The molecule has 1 saturated heterocycles. The van der Waals surface area contributed by atoms with Crippen molar-refractivity contribution in [3.05, 3.63) is 35.4 Å². The van der Waals surface area contributed by atoms with Crippen molar-refractivity contribution in [1.29, 1.82) is 0 Å². The minimum absolute atomic E-state index is 0.1000. The number of hydrogen-bond donors (Lipinski definition) is 1. The third-order valence-corrected chi connectivity index (χ3v) is 5.74. The molecule has 1 fully saturated rings. The molecule has 124 valence electrons. The van der Waals surface area contributed by atoms with Gasteiger partial charge in [0.1, 0.15) is 0 Å². The molecule has 4 nitrogen and oxygen atoms in total. The molecule has 22 heavy (non-hydrogen) atoms. The van der Waals surface area contributed by atoms with E-state index in [9.17, 15) is 21.6 Å². The molecule has 0 atom stereocenters. The van der Waals surface area contributed by atoms with E-state index in [1.54, 1.807) is 0 Å². The Hall–Kier alpha value is -1.12. The van der Waals surface area contributed by atoms with Crippen LogP contribution in [0.4, 0.5) is 13.2 Å². The van der Waals surface area contributed by atoms with Crippen LogP contribution in [0.3, 0.4) is 0 Å². The molecular weight excluding hydrogens is 317 g/mol. The van der Waals surface area contributed by atoms with Crippen LogP contribution in [0.2, 0.25) is 0 Å². The fourth-order valence-corrected chi connectivity index (χ4v) is 4.02. The molecule has 1 aliphatic rings. The van der Waals surface area contributed by atoms with Gasteiger partial charge in [-0.3, -0.25) is 0 Å². The van der Waals surface area contributed by atoms with Gasteiger partial charge in [-0.05, 0) is 37.6 Å². The van der Waals surface area contributed by atoms with Crippen molar-refractivity contribution in [2.75, 3.05) is 20.1 Å². The van der Waals surface area contributed by atoms with E-state index < -0.39 is 27.5 Å². The van der Waals surface area contributed by atoms with Crippen LogP contribution in [0, 0.1) is 0 Å². The Balaban J connectivity index is 2.14. The predicted octanol–water partition coefficient (Wildman–Crippen LogP) is 2.22.